The fourth-order valence-corrected chi connectivity index (χ4v) is 2.75. The molecule has 1 heterocycles. The van der Waals surface area contributed by atoms with E-state index in [9.17, 15) is 14.9 Å². The quantitative estimate of drug-likeness (QED) is 0.495. The van der Waals surface area contributed by atoms with Crippen molar-refractivity contribution in [2.24, 2.45) is 7.05 Å². The summed E-state index contributed by atoms with van der Waals surface area (Å²) in [7, 11) is 1.84. The van der Waals surface area contributed by atoms with Gasteiger partial charge in [-0.2, -0.15) is 0 Å². The van der Waals surface area contributed by atoms with E-state index in [0.29, 0.717) is 29.3 Å². The van der Waals surface area contributed by atoms with Gasteiger partial charge >= 0.3 is 0 Å². The third-order valence-corrected chi connectivity index (χ3v) is 4.27. The zero-order valence-electron chi connectivity index (χ0n) is 14.5. The first-order chi connectivity index (χ1) is 12.9. The second kappa shape index (κ2) is 8.05. The van der Waals surface area contributed by atoms with Crippen LogP contribution in [0.4, 0.5) is 5.69 Å². The Morgan fingerprint density at radius 3 is 2.74 bits per heavy atom. The number of hydrogen-bond acceptors (Lipinski definition) is 5. The van der Waals surface area contributed by atoms with Crippen LogP contribution in [0.5, 0.6) is 5.75 Å². The predicted octanol–water partition coefficient (Wildman–Crippen LogP) is 2.87. The standard InChI is InChI=1S/C18H17ClN4O4/c1-22-16-7-4-13(23(25)26)10-15(16)21-17(22)8-9-20-18(24)11-27-14-5-2-12(19)3-6-14/h2-7,10H,8-9,11H2,1H3,(H,20,24). The van der Waals surface area contributed by atoms with E-state index in [4.69, 9.17) is 16.3 Å². The maximum atomic E-state index is 11.9. The number of nitrogens with one attached hydrogen (secondary N) is 1. The van der Waals surface area contributed by atoms with Gasteiger partial charge in [-0.25, -0.2) is 4.98 Å². The van der Waals surface area contributed by atoms with Crippen molar-refractivity contribution >= 4 is 34.2 Å². The van der Waals surface area contributed by atoms with Crippen LogP contribution in [0.1, 0.15) is 5.82 Å². The smallest absolute Gasteiger partial charge is 0.271 e. The van der Waals surface area contributed by atoms with Crippen molar-refractivity contribution in [2.45, 2.75) is 6.42 Å². The lowest BCUT2D eigenvalue weighted by atomic mass is 10.3. The number of carbonyl (C=O) groups excluding carboxylic acids is 1. The maximum absolute atomic E-state index is 11.9. The van der Waals surface area contributed by atoms with Crippen LogP contribution in [0.3, 0.4) is 0 Å². The van der Waals surface area contributed by atoms with Crippen LogP contribution in [0.2, 0.25) is 5.02 Å². The molecule has 1 amide bonds. The number of nitrogens with zero attached hydrogens (tertiary/aromatic N) is 3. The molecule has 0 saturated heterocycles. The summed E-state index contributed by atoms with van der Waals surface area (Å²) in [5.74, 6) is 1.04. The molecule has 0 aliphatic carbocycles. The number of fused-ring (bicyclic) bond motifs is 1. The number of benzene rings is 2. The normalized spacial score (nSPS) is 10.7. The van der Waals surface area contributed by atoms with E-state index in [1.807, 2.05) is 11.6 Å². The van der Waals surface area contributed by atoms with Gasteiger partial charge in [0.05, 0.1) is 16.0 Å². The molecular weight excluding hydrogens is 372 g/mol. The molecule has 1 aromatic heterocycles. The van der Waals surface area contributed by atoms with Crippen molar-refractivity contribution in [3.8, 4) is 5.75 Å². The average Bonchev–Trinajstić information content (AvgIpc) is 2.96. The Labute approximate surface area is 159 Å². The van der Waals surface area contributed by atoms with Gasteiger partial charge in [-0.1, -0.05) is 11.6 Å². The molecule has 0 bridgehead atoms. The lowest BCUT2D eigenvalue weighted by molar-refractivity contribution is -0.384. The zero-order chi connectivity index (χ0) is 19.4. The molecule has 1 N–H and O–H groups in total. The minimum atomic E-state index is -0.450. The van der Waals surface area contributed by atoms with E-state index in [2.05, 4.69) is 10.3 Å². The minimum Gasteiger partial charge on any atom is -0.484 e. The summed E-state index contributed by atoms with van der Waals surface area (Å²) in [5, 5.41) is 14.2. The predicted molar refractivity (Wildman–Crippen MR) is 101 cm³/mol. The van der Waals surface area contributed by atoms with Crippen molar-refractivity contribution in [3.05, 3.63) is 63.4 Å². The van der Waals surface area contributed by atoms with E-state index in [-0.39, 0.29) is 18.2 Å². The monoisotopic (exact) mass is 388 g/mol. The lowest BCUT2D eigenvalue weighted by Gasteiger charge is -2.07. The highest BCUT2D eigenvalue weighted by Gasteiger charge is 2.13. The number of nitro groups is 1. The van der Waals surface area contributed by atoms with Gasteiger partial charge in [0, 0.05) is 37.2 Å². The Morgan fingerprint density at radius 1 is 1.30 bits per heavy atom. The molecule has 3 rings (SSSR count). The maximum Gasteiger partial charge on any atom is 0.271 e. The summed E-state index contributed by atoms with van der Waals surface area (Å²) in [6, 6.07) is 11.3. The van der Waals surface area contributed by atoms with Gasteiger partial charge in [-0.3, -0.25) is 14.9 Å². The number of carbonyl (C=O) groups is 1. The van der Waals surface area contributed by atoms with Gasteiger partial charge in [-0.05, 0) is 30.3 Å². The number of imidazole rings is 1. The summed E-state index contributed by atoms with van der Waals surface area (Å²) in [4.78, 5) is 26.7. The van der Waals surface area contributed by atoms with Gasteiger partial charge in [-0.15, -0.1) is 0 Å². The topological polar surface area (TPSA) is 99.3 Å². The van der Waals surface area contributed by atoms with Gasteiger partial charge in [0.25, 0.3) is 11.6 Å². The first kappa shape index (κ1) is 18.7. The lowest BCUT2D eigenvalue weighted by Crippen LogP contribution is -2.31. The van der Waals surface area contributed by atoms with Crippen LogP contribution < -0.4 is 10.1 Å². The highest BCUT2D eigenvalue weighted by Crippen LogP contribution is 2.21. The molecule has 0 aliphatic rings. The molecule has 3 aromatic rings. The highest BCUT2D eigenvalue weighted by molar-refractivity contribution is 6.30. The fraction of sp³-hybridized carbons (Fsp3) is 0.222. The molecule has 0 atom stereocenters. The van der Waals surface area contributed by atoms with Crippen molar-refractivity contribution in [2.75, 3.05) is 13.2 Å². The Hall–Kier alpha value is -3.13. The second-order valence-electron chi connectivity index (χ2n) is 5.86. The van der Waals surface area contributed by atoms with Crippen LogP contribution in [0.25, 0.3) is 11.0 Å². The number of rotatable bonds is 7. The number of ether oxygens (including phenoxy) is 1. The number of non-ortho nitro benzene ring substituents is 1. The van der Waals surface area contributed by atoms with E-state index in [1.54, 1.807) is 30.3 Å². The fourth-order valence-electron chi connectivity index (χ4n) is 2.62. The molecule has 9 heteroatoms. The van der Waals surface area contributed by atoms with E-state index < -0.39 is 4.92 Å². The number of aryl methyl sites for hydroxylation is 1. The first-order valence-corrected chi connectivity index (χ1v) is 8.56. The van der Waals surface area contributed by atoms with Crippen LogP contribution in [-0.4, -0.2) is 33.5 Å². The van der Waals surface area contributed by atoms with Gasteiger partial charge in [0.1, 0.15) is 11.6 Å². The molecule has 0 fully saturated rings. The SMILES string of the molecule is Cn1c(CCNC(=O)COc2ccc(Cl)cc2)nc2cc([N+](=O)[O-])ccc21. The van der Waals surface area contributed by atoms with Crippen molar-refractivity contribution in [1.29, 1.82) is 0 Å². The summed E-state index contributed by atoms with van der Waals surface area (Å²) in [6.07, 6.45) is 0.492. The van der Waals surface area contributed by atoms with Crippen LogP contribution in [-0.2, 0) is 18.3 Å². The summed E-state index contributed by atoms with van der Waals surface area (Å²) < 4.78 is 7.23. The molecule has 2 aromatic carbocycles. The van der Waals surface area contributed by atoms with Gasteiger partial charge in [0.15, 0.2) is 6.61 Å². The molecule has 0 unspecified atom stereocenters. The molecule has 140 valence electrons. The first-order valence-electron chi connectivity index (χ1n) is 8.19. The van der Waals surface area contributed by atoms with E-state index in [0.717, 1.165) is 11.3 Å². The van der Waals surface area contributed by atoms with Crippen LogP contribution >= 0.6 is 11.6 Å². The highest BCUT2D eigenvalue weighted by atomic mass is 35.5. The van der Waals surface area contributed by atoms with Crippen LogP contribution in [0, 0.1) is 10.1 Å². The Balaban J connectivity index is 1.53. The number of amides is 1. The van der Waals surface area contributed by atoms with Gasteiger partial charge in [0.2, 0.25) is 0 Å². The summed E-state index contributed by atoms with van der Waals surface area (Å²) in [6.45, 7) is 0.276. The molecule has 0 saturated carbocycles. The summed E-state index contributed by atoms with van der Waals surface area (Å²) >= 11 is 5.79. The second-order valence-corrected chi connectivity index (χ2v) is 6.30. The average molecular weight is 389 g/mol. The molecule has 0 radical (unpaired) electrons. The molecule has 0 aliphatic heterocycles. The molecule has 0 spiro atoms. The largest absolute Gasteiger partial charge is 0.484 e. The Morgan fingerprint density at radius 2 is 2.04 bits per heavy atom. The molecule has 8 nitrogen and oxygen atoms in total. The van der Waals surface area contributed by atoms with E-state index in [1.165, 1.54) is 12.1 Å². The Bertz CT molecular complexity index is 985. The third kappa shape index (κ3) is 4.53. The number of halogens is 1. The van der Waals surface area contributed by atoms with Crippen molar-refractivity contribution in [3.63, 3.8) is 0 Å². The molecular formula is C18H17ClN4O4. The van der Waals surface area contributed by atoms with Crippen LogP contribution in [0.15, 0.2) is 42.5 Å². The number of nitro benzene ring substituents is 1. The van der Waals surface area contributed by atoms with Gasteiger partial charge < -0.3 is 14.6 Å². The third-order valence-electron chi connectivity index (χ3n) is 4.02. The zero-order valence-corrected chi connectivity index (χ0v) is 15.3. The number of hydrogen-bond donors (Lipinski definition) is 1. The Kier molecular flexibility index (Phi) is 5.56. The van der Waals surface area contributed by atoms with E-state index >= 15 is 0 Å². The van der Waals surface area contributed by atoms with Crippen molar-refractivity contribution in [1.82, 2.24) is 14.9 Å². The number of aromatic nitrogens is 2. The molecule has 27 heavy (non-hydrogen) atoms. The summed E-state index contributed by atoms with van der Waals surface area (Å²) in [5.41, 5.74) is 1.35. The van der Waals surface area contributed by atoms with Crippen molar-refractivity contribution < 1.29 is 14.5 Å². The minimum absolute atomic E-state index is 0.000184.